The molecule has 25 heavy (non-hydrogen) atoms. The van der Waals surface area contributed by atoms with Crippen molar-refractivity contribution in [2.24, 2.45) is 0 Å². The molecule has 1 aliphatic rings. The summed E-state index contributed by atoms with van der Waals surface area (Å²) in [5.41, 5.74) is 0.857. The van der Waals surface area contributed by atoms with E-state index in [0.29, 0.717) is 17.9 Å². The van der Waals surface area contributed by atoms with Crippen molar-refractivity contribution in [3.05, 3.63) is 41.7 Å². The number of fused-ring (bicyclic) bond motifs is 1. The van der Waals surface area contributed by atoms with Crippen molar-refractivity contribution in [3.8, 4) is 6.07 Å². The second-order valence-corrected chi connectivity index (χ2v) is 7.26. The fourth-order valence-electron chi connectivity index (χ4n) is 2.96. The van der Waals surface area contributed by atoms with Crippen LogP contribution in [0.1, 0.15) is 44.9 Å². The van der Waals surface area contributed by atoms with Crippen molar-refractivity contribution in [1.29, 1.82) is 5.26 Å². The van der Waals surface area contributed by atoms with E-state index >= 15 is 0 Å². The molecule has 130 valence electrons. The Morgan fingerprint density at radius 2 is 2.20 bits per heavy atom. The Bertz CT molecular complexity index is 852. The number of carbonyl (C=O) groups excluding carboxylic acids is 1. The first-order chi connectivity index (χ1) is 11.9. The van der Waals surface area contributed by atoms with Gasteiger partial charge in [-0.25, -0.2) is 4.79 Å². The molecule has 2 aromatic rings. The van der Waals surface area contributed by atoms with Crippen LogP contribution in [0, 0.1) is 11.3 Å². The van der Waals surface area contributed by atoms with Gasteiger partial charge < -0.3 is 14.1 Å². The van der Waals surface area contributed by atoms with Gasteiger partial charge in [0, 0.05) is 11.9 Å². The molecule has 1 fully saturated rings. The van der Waals surface area contributed by atoms with Gasteiger partial charge in [-0.05, 0) is 64.0 Å². The number of amides is 1. The molecule has 0 saturated carbocycles. The summed E-state index contributed by atoms with van der Waals surface area (Å²) in [7, 11) is 0. The topological polar surface area (TPSA) is 66.5 Å². The summed E-state index contributed by atoms with van der Waals surface area (Å²) in [4.78, 5) is 14.1. The van der Waals surface area contributed by atoms with Crippen molar-refractivity contribution in [2.45, 2.75) is 45.3 Å². The maximum Gasteiger partial charge on any atom is 0.410 e. The van der Waals surface area contributed by atoms with Gasteiger partial charge in [-0.2, -0.15) is 5.26 Å². The highest BCUT2D eigenvalue weighted by Crippen LogP contribution is 2.25. The molecule has 1 aromatic heterocycles. The Morgan fingerprint density at radius 3 is 2.92 bits per heavy atom. The fourth-order valence-corrected chi connectivity index (χ4v) is 2.96. The third-order valence-electron chi connectivity index (χ3n) is 4.07. The number of hydrogen-bond acceptors (Lipinski definition) is 4. The van der Waals surface area contributed by atoms with Crippen LogP contribution in [0.4, 0.5) is 4.79 Å². The molecule has 5 heteroatoms. The van der Waals surface area contributed by atoms with Gasteiger partial charge >= 0.3 is 6.09 Å². The van der Waals surface area contributed by atoms with Gasteiger partial charge in [0.15, 0.2) is 0 Å². The van der Waals surface area contributed by atoms with E-state index in [1.165, 1.54) is 0 Å². The first-order valence-electron chi connectivity index (χ1n) is 8.47. The van der Waals surface area contributed by atoms with Crippen LogP contribution in [0.5, 0.6) is 0 Å². The minimum atomic E-state index is -0.495. The lowest BCUT2D eigenvalue weighted by molar-refractivity contribution is 0.0256. The number of benzene rings is 1. The van der Waals surface area contributed by atoms with Crippen LogP contribution in [0.2, 0.25) is 0 Å². The van der Waals surface area contributed by atoms with Crippen molar-refractivity contribution in [1.82, 2.24) is 4.90 Å². The predicted molar refractivity (Wildman–Crippen MR) is 95.9 cm³/mol. The molecule has 3 rings (SSSR count). The zero-order valence-electron chi connectivity index (χ0n) is 14.8. The molecule has 0 spiro atoms. The molecule has 1 unspecified atom stereocenters. The largest absolute Gasteiger partial charge is 0.457 e. The van der Waals surface area contributed by atoms with Crippen LogP contribution >= 0.6 is 0 Å². The third kappa shape index (κ3) is 4.03. The Morgan fingerprint density at radius 1 is 1.40 bits per heavy atom. The standard InChI is InChI=1S/C20H22N2O3/c1-20(2,3)25-19(23)22-10-4-5-16(22)7-8-17-12-15-11-14(13-21)6-9-18(15)24-17/h6-9,11-12,16H,4-5,10H2,1-3H3. The van der Waals surface area contributed by atoms with Gasteiger partial charge in [0.25, 0.3) is 0 Å². The van der Waals surface area contributed by atoms with Crippen molar-refractivity contribution >= 4 is 23.1 Å². The lowest BCUT2D eigenvalue weighted by Crippen LogP contribution is -2.39. The van der Waals surface area contributed by atoms with Crippen molar-refractivity contribution in [3.63, 3.8) is 0 Å². The summed E-state index contributed by atoms with van der Waals surface area (Å²) >= 11 is 0. The number of likely N-dealkylation sites (tertiary alicyclic amines) is 1. The first-order valence-corrected chi connectivity index (χ1v) is 8.47. The Kier molecular flexibility index (Phi) is 4.54. The lowest BCUT2D eigenvalue weighted by atomic mass is 10.1. The predicted octanol–water partition coefficient (Wildman–Crippen LogP) is 4.72. The highest BCUT2D eigenvalue weighted by atomic mass is 16.6. The Balaban J connectivity index is 1.74. The molecule has 1 saturated heterocycles. The quantitative estimate of drug-likeness (QED) is 0.795. The second kappa shape index (κ2) is 6.64. The van der Waals surface area contributed by atoms with E-state index in [4.69, 9.17) is 14.4 Å². The zero-order chi connectivity index (χ0) is 18.0. The third-order valence-corrected chi connectivity index (χ3v) is 4.07. The van der Waals surface area contributed by atoms with Crippen LogP contribution in [-0.2, 0) is 4.74 Å². The number of ether oxygens (including phenoxy) is 1. The Labute approximate surface area is 147 Å². The van der Waals surface area contributed by atoms with Crippen LogP contribution < -0.4 is 0 Å². The van der Waals surface area contributed by atoms with Gasteiger partial charge in [0.2, 0.25) is 0 Å². The smallest absolute Gasteiger partial charge is 0.410 e. The zero-order valence-corrected chi connectivity index (χ0v) is 14.8. The monoisotopic (exact) mass is 338 g/mol. The molecule has 0 bridgehead atoms. The average Bonchev–Trinajstić information content (AvgIpc) is 3.16. The van der Waals surface area contributed by atoms with E-state index in [0.717, 1.165) is 23.8 Å². The molecule has 5 nitrogen and oxygen atoms in total. The first kappa shape index (κ1) is 17.1. The maximum absolute atomic E-state index is 12.3. The van der Waals surface area contributed by atoms with E-state index in [1.807, 2.05) is 39.0 Å². The molecule has 1 aromatic carbocycles. The lowest BCUT2D eigenvalue weighted by Gasteiger charge is -2.27. The molecule has 1 atom stereocenters. The summed E-state index contributed by atoms with van der Waals surface area (Å²) < 4.78 is 11.2. The molecule has 0 N–H and O–H groups in total. The summed E-state index contributed by atoms with van der Waals surface area (Å²) in [6.07, 6.45) is 5.47. The number of carbonyl (C=O) groups is 1. The minimum Gasteiger partial charge on any atom is -0.457 e. The summed E-state index contributed by atoms with van der Waals surface area (Å²) in [6, 6.07) is 9.38. The molecule has 2 heterocycles. The van der Waals surface area contributed by atoms with Crippen LogP contribution in [0.3, 0.4) is 0 Å². The van der Waals surface area contributed by atoms with Crippen molar-refractivity contribution in [2.75, 3.05) is 6.54 Å². The van der Waals surface area contributed by atoms with Gasteiger partial charge in [0.05, 0.1) is 17.7 Å². The summed E-state index contributed by atoms with van der Waals surface area (Å²) in [6.45, 7) is 6.32. The van der Waals surface area contributed by atoms with E-state index in [1.54, 1.807) is 23.1 Å². The van der Waals surface area contributed by atoms with Gasteiger partial charge in [-0.3, -0.25) is 0 Å². The highest BCUT2D eigenvalue weighted by Gasteiger charge is 2.30. The minimum absolute atomic E-state index is 0.0118. The van der Waals surface area contributed by atoms with E-state index in [9.17, 15) is 4.79 Å². The van der Waals surface area contributed by atoms with Crippen LogP contribution in [-0.4, -0.2) is 29.2 Å². The number of nitrogens with zero attached hydrogens (tertiary/aromatic N) is 2. The summed E-state index contributed by atoms with van der Waals surface area (Å²) in [5, 5.41) is 9.87. The number of furan rings is 1. The molecule has 1 amide bonds. The number of rotatable bonds is 2. The normalized spacial score (nSPS) is 18.0. The van der Waals surface area contributed by atoms with Gasteiger partial charge in [0.1, 0.15) is 16.9 Å². The molecular formula is C20H22N2O3. The maximum atomic E-state index is 12.3. The fraction of sp³-hybridized carbons (Fsp3) is 0.400. The van der Waals surface area contributed by atoms with Crippen molar-refractivity contribution < 1.29 is 13.9 Å². The van der Waals surface area contributed by atoms with Crippen LogP contribution in [0.25, 0.3) is 17.0 Å². The molecule has 0 radical (unpaired) electrons. The van der Waals surface area contributed by atoms with E-state index in [2.05, 4.69) is 6.07 Å². The number of nitriles is 1. The molecule has 1 aliphatic heterocycles. The van der Waals surface area contributed by atoms with Gasteiger partial charge in [-0.15, -0.1) is 0 Å². The molecular weight excluding hydrogens is 316 g/mol. The van der Waals surface area contributed by atoms with Gasteiger partial charge in [-0.1, -0.05) is 6.08 Å². The number of hydrogen-bond donors (Lipinski definition) is 0. The Hall–Kier alpha value is -2.74. The molecule has 0 aliphatic carbocycles. The average molecular weight is 338 g/mol. The highest BCUT2D eigenvalue weighted by molar-refractivity contribution is 5.81. The van der Waals surface area contributed by atoms with E-state index in [-0.39, 0.29) is 12.1 Å². The van der Waals surface area contributed by atoms with Crippen LogP contribution in [0.15, 0.2) is 34.8 Å². The second-order valence-electron chi connectivity index (χ2n) is 7.26. The summed E-state index contributed by atoms with van der Waals surface area (Å²) in [5.74, 6) is 0.709. The SMILES string of the molecule is CC(C)(C)OC(=O)N1CCCC1C=Cc1cc2cc(C#N)ccc2o1. The van der Waals surface area contributed by atoms with E-state index < -0.39 is 5.60 Å².